The van der Waals surface area contributed by atoms with Crippen LogP contribution in [0.15, 0.2) is 23.3 Å². The average molecular weight is 369 g/mol. The van der Waals surface area contributed by atoms with E-state index in [1.807, 2.05) is 13.8 Å². The highest BCUT2D eigenvalue weighted by molar-refractivity contribution is 7.17. The molecule has 1 unspecified atom stereocenters. The van der Waals surface area contributed by atoms with Gasteiger partial charge >= 0.3 is 0 Å². The molecule has 25 heavy (non-hydrogen) atoms. The SMILES string of the molecule is CC1=C(CCC(C)C)C(=O)N(Nc2ccc(C(F)(F)P)c(C)n2)C1=O. The second-order valence-electron chi connectivity index (χ2n) is 6.55. The number of pyridine rings is 1. The topological polar surface area (TPSA) is 62.3 Å². The van der Waals surface area contributed by atoms with Crippen LogP contribution in [0.3, 0.4) is 0 Å². The standard InChI is InChI=1S/C17H22F2N3O2P/c1-9(2)5-6-12-10(3)15(23)22(16(12)24)21-14-8-7-13(11(4)20-14)17(18,19)25/h7-9H,5-6,25H2,1-4H3,(H,20,21). The van der Waals surface area contributed by atoms with E-state index in [0.717, 1.165) is 11.4 Å². The molecule has 5 nitrogen and oxygen atoms in total. The smallest absolute Gasteiger partial charge is 0.271 e. The number of aromatic nitrogens is 1. The number of hydrogen-bond donors (Lipinski definition) is 1. The summed E-state index contributed by atoms with van der Waals surface area (Å²) < 4.78 is 26.8. The normalized spacial score (nSPS) is 15.6. The number of carbonyl (C=O) groups is 2. The van der Waals surface area contributed by atoms with Crippen molar-refractivity contribution in [2.45, 2.75) is 46.2 Å². The molecule has 0 saturated carbocycles. The minimum Gasteiger partial charge on any atom is -0.271 e. The fourth-order valence-electron chi connectivity index (χ4n) is 2.60. The third kappa shape index (κ3) is 4.21. The van der Waals surface area contributed by atoms with Crippen molar-refractivity contribution in [3.63, 3.8) is 0 Å². The van der Waals surface area contributed by atoms with Crippen molar-refractivity contribution in [1.82, 2.24) is 9.99 Å². The van der Waals surface area contributed by atoms with Crippen molar-refractivity contribution in [3.8, 4) is 0 Å². The van der Waals surface area contributed by atoms with Gasteiger partial charge in [0.2, 0.25) is 0 Å². The number of carbonyl (C=O) groups excluding carboxylic acids is 2. The van der Waals surface area contributed by atoms with Crippen LogP contribution in [-0.4, -0.2) is 21.8 Å². The lowest BCUT2D eigenvalue weighted by molar-refractivity contribution is -0.136. The minimum absolute atomic E-state index is 0.119. The van der Waals surface area contributed by atoms with Gasteiger partial charge in [0.25, 0.3) is 17.5 Å². The summed E-state index contributed by atoms with van der Waals surface area (Å²) >= 11 is 0. The summed E-state index contributed by atoms with van der Waals surface area (Å²) in [4.78, 5) is 28.8. The molecule has 8 heteroatoms. The van der Waals surface area contributed by atoms with Crippen LogP contribution in [0.25, 0.3) is 0 Å². The Labute approximate surface area is 148 Å². The van der Waals surface area contributed by atoms with E-state index < -0.39 is 17.5 Å². The van der Waals surface area contributed by atoms with E-state index in [1.54, 1.807) is 6.92 Å². The predicted octanol–water partition coefficient (Wildman–Crippen LogP) is 3.76. The summed E-state index contributed by atoms with van der Waals surface area (Å²) in [6.45, 7) is 7.16. The number of hydrazine groups is 1. The minimum atomic E-state index is -3.09. The molecule has 2 amide bonds. The number of amides is 2. The first-order chi connectivity index (χ1) is 11.5. The van der Waals surface area contributed by atoms with Gasteiger partial charge in [0.15, 0.2) is 0 Å². The average Bonchev–Trinajstić information content (AvgIpc) is 2.68. The second-order valence-corrected chi connectivity index (χ2v) is 7.27. The summed E-state index contributed by atoms with van der Waals surface area (Å²) in [5, 5.41) is 0.894. The van der Waals surface area contributed by atoms with Gasteiger partial charge in [-0.15, -0.1) is 0 Å². The summed E-state index contributed by atoms with van der Waals surface area (Å²) in [5.74, 6) is -0.280. The number of nitrogens with one attached hydrogen (secondary N) is 1. The molecule has 0 fully saturated rings. The maximum atomic E-state index is 13.4. The molecule has 0 spiro atoms. The van der Waals surface area contributed by atoms with Crippen LogP contribution >= 0.6 is 9.24 Å². The van der Waals surface area contributed by atoms with Gasteiger partial charge in [-0.3, -0.25) is 15.0 Å². The van der Waals surface area contributed by atoms with Crippen LogP contribution < -0.4 is 5.43 Å². The number of anilines is 1. The largest absolute Gasteiger partial charge is 0.285 e. The lowest BCUT2D eigenvalue weighted by atomic mass is 10.0. The lowest BCUT2D eigenvalue weighted by Gasteiger charge is -2.19. The highest BCUT2D eigenvalue weighted by atomic mass is 31.0. The maximum absolute atomic E-state index is 13.4. The molecule has 0 saturated heterocycles. The molecule has 2 rings (SSSR count). The lowest BCUT2D eigenvalue weighted by Crippen LogP contribution is -2.37. The van der Waals surface area contributed by atoms with Crippen molar-refractivity contribution in [1.29, 1.82) is 0 Å². The molecule has 0 bridgehead atoms. The number of hydrogen-bond acceptors (Lipinski definition) is 4. The fourth-order valence-corrected chi connectivity index (χ4v) is 2.91. The molecule has 1 aromatic heterocycles. The van der Waals surface area contributed by atoms with E-state index in [-0.39, 0.29) is 17.1 Å². The first-order valence-corrected chi connectivity index (χ1v) is 8.60. The maximum Gasteiger partial charge on any atom is 0.285 e. The third-order valence-corrected chi connectivity index (χ3v) is 4.39. The number of nitrogens with zero attached hydrogens (tertiary/aromatic N) is 2. The van der Waals surface area contributed by atoms with Crippen LogP contribution in [0.2, 0.25) is 0 Å². The number of halogens is 2. The van der Waals surface area contributed by atoms with E-state index in [2.05, 4.69) is 10.4 Å². The van der Waals surface area contributed by atoms with Crippen LogP contribution in [0.1, 0.15) is 44.9 Å². The zero-order chi connectivity index (χ0) is 18.9. The van der Waals surface area contributed by atoms with E-state index in [9.17, 15) is 18.4 Å². The van der Waals surface area contributed by atoms with E-state index in [4.69, 9.17) is 0 Å². The van der Waals surface area contributed by atoms with Crippen molar-refractivity contribution in [2.75, 3.05) is 5.43 Å². The Balaban J connectivity index is 2.18. The highest BCUT2D eigenvalue weighted by Crippen LogP contribution is 2.36. The Kier molecular flexibility index (Phi) is 5.57. The van der Waals surface area contributed by atoms with Crippen LogP contribution in [0.5, 0.6) is 0 Å². The third-order valence-electron chi connectivity index (χ3n) is 4.08. The van der Waals surface area contributed by atoms with Crippen LogP contribution in [0.4, 0.5) is 14.6 Å². The van der Waals surface area contributed by atoms with Gasteiger partial charge < -0.3 is 0 Å². The predicted molar refractivity (Wildman–Crippen MR) is 94.8 cm³/mol. The quantitative estimate of drug-likeness (QED) is 0.613. The Morgan fingerprint density at radius 3 is 2.40 bits per heavy atom. The van der Waals surface area contributed by atoms with Gasteiger partial charge in [0.1, 0.15) is 5.82 Å². The molecule has 1 N–H and O–H groups in total. The molecule has 1 aromatic rings. The van der Waals surface area contributed by atoms with Gasteiger partial charge in [0, 0.05) is 22.4 Å². The number of imide groups is 1. The Bertz CT molecular complexity index is 742. The van der Waals surface area contributed by atoms with Crippen molar-refractivity contribution < 1.29 is 18.4 Å². The zero-order valence-electron chi connectivity index (χ0n) is 14.7. The number of alkyl halides is 2. The molecule has 0 aromatic carbocycles. The summed E-state index contributed by atoms with van der Waals surface area (Å²) in [7, 11) is 1.46. The first kappa shape index (κ1) is 19.4. The fraction of sp³-hybridized carbons (Fsp3) is 0.471. The summed E-state index contributed by atoms with van der Waals surface area (Å²) in [6.07, 6.45) is 1.33. The van der Waals surface area contributed by atoms with Crippen molar-refractivity contribution >= 4 is 26.9 Å². The molecular formula is C17H22F2N3O2P. The molecular weight excluding hydrogens is 347 g/mol. The Hall–Kier alpha value is -1.88. The first-order valence-electron chi connectivity index (χ1n) is 8.02. The van der Waals surface area contributed by atoms with E-state index in [1.165, 1.54) is 28.3 Å². The van der Waals surface area contributed by atoms with E-state index >= 15 is 0 Å². The highest BCUT2D eigenvalue weighted by Gasteiger charge is 2.36. The molecule has 1 atom stereocenters. The van der Waals surface area contributed by atoms with Crippen LogP contribution in [0, 0.1) is 12.8 Å². The van der Waals surface area contributed by atoms with Crippen molar-refractivity contribution in [3.05, 3.63) is 34.5 Å². The molecule has 136 valence electrons. The van der Waals surface area contributed by atoms with Gasteiger partial charge in [0.05, 0.1) is 0 Å². The van der Waals surface area contributed by atoms with E-state index in [0.29, 0.717) is 23.5 Å². The molecule has 1 aliphatic heterocycles. The van der Waals surface area contributed by atoms with Crippen LogP contribution in [-0.2, 0) is 15.3 Å². The second kappa shape index (κ2) is 7.16. The molecule has 0 radical (unpaired) electrons. The van der Waals surface area contributed by atoms with Gasteiger partial charge in [-0.1, -0.05) is 23.1 Å². The van der Waals surface area contributed by atoms with Crippen molar-refractivity contribution in [2.24, 2.45) is 5.92 Å². The Morgan fingerprint density at radius 1 is 1.24 bits per heavy atom. The molecule has 2 heterocycles. The van der Waals surface area contributed by atoms with Gasteiger partial charge in [-0.2, -0.15) is 13.8 Å². The zero-order valence-corrected chi connectivity index (χ0v) is 15.8. The number of rotatable bonds is 6. The number of aryl methyl sites for hydroxylation is 1. The monoisotopic (exact) mass is 369 g/mol. The summed E-state index contributed by atoms with van der Waals surface area (Å²) in [6, 6.07) is 2.55. The molecule has 0 aliphatic carbocycles. The molecule has 1 aliphatic rings. The Morgan fingerprint density at radius 2 is 1.88 bits per heavy atom. The van der Waals surface area contributed by atoms with Gasteiger partial charge in [-0.25, -0.2) is 4.98 Å². The van der Waals surface area contributed by atoms with Gasteiger partial charge in [-0.05, 0) is 44.7 Å². The summed E-state index contributed by atoms with van der Waals surface area (Å²) in [5.41, 5.74) is 0.331.